The average molecular weight is 320 g/mol. The van der Waals surface area contributed by atoms with Crippen molar-refractivity contribution in [3.8, 4) is 6.07 Å². The molecule has 1 aliphatic rings. The van der Waals surface area contributed by atoms with E-state index in [9.17, 15) is 10.1 Å². The SMILES string of the molecule is Cc1cccc(CN2CCN(c3nc(C)ccc3C#N)CC2=O)c1. The van der Waals surface area contributed by atoms with Crippen LogP contribution in [0.1, 0.15) is 22.4 Å². The molecule has 122 valence electrons. The van der Waals surface area contributed by atoms with Crippen LogP contribution in [0.25, 0.3) is 0 Å². The normalized spacial score (nSPS) is 14.6. The van der Waals surface area contributed by atoms with Crippen LogP contribution in [0.15, 0.2) is 36.4 Å². The second kappa shape index (κ2) is 6.71. The van der Waals surface area contributed by atoms with Gasteiger partial charge >= 0.3 is 0 Å². The van der Waals surface area contributed by atoms with E-state index in [2.05, 4.69) is 30.1 Å². The zero-order valence-electron chi connectivity index (χ0n) is 14.0. The molecule has 0 radical (unpaired) electrons. The minimum Gasteiger partial charge on any atom is -0.344 e. The molecule has 0 atom stereocenters. The maximum absolute atomic E-state index is 12.5. The molecule has 1 fully saturated rings. The van der Waals surface area contributed by atoms with Gasteiger partial charge in [0.2, 0.25) is 5.91 Å². The number of nitrogens with zero attached hydrogens (tertiary/aromatic N) is 4. The molecule has 24 heavy (non-hydrogen) atoms. The summed E-state index contributed by atoms with van der Waals surface area (Å²) in [6.45, 7) is 6.14. The minimum absolute atomic E-state index is 0.0648. The largest absolute Gasteiger partial charge is 0.344 e. The van der Waals surface area contributed by atoms with E-state index in [0.717, 1.165) is 11.3 Å². The van der Waals surface area contributed by atoms with E-state index in [1.807, 2.05) is 34.9 Å². The maximum atomic E-state index is 12.5. The van der Waals surface area contributed by atoms with Crippen LogP contribution in [0, 0.1) is 25.2 Å². The quantitative estimate of drug-likeness (QED) is 0.871. The van der Waals surface area contributed by atoms with Crippen LogP contribution < -0.4 is 4.90 Å². The van der Waals surface area contributed by atoms with E-state index in [4.69, 9.17) is 0 Å². The average Bonchev–Trinajstić information content (AvgIpc) is 2.57. The molecule has 0 N–H and O–H groups in total. The predicted octanol–water partition coefficient (Wildman–Crippen LogP) is 2.42. The number of carbonyl (C=O) groups is 1. The number of nitriles is 1. The first-order chi connectivity index (χ1) is 11.6. The van der Waals surface area contributed by atoms with Crippen LogP contribution in [0.5, 0.6) is 0 Å². The molecule has 2 heterocycles. The zero-order chi connectivity index (χ0) is 17.1. The van der Waals surface area contributed by atoms with Crippen LogP contribution in [0.4, 0.5) is 5.82 Å². The molecule has 0 bridgehead atoms. The van der Waals surface area contributed by atoms with Crippen molar-refractivity contribution in [2.24, 2.45) is 0 Å². The smallest absolute Gasteiger partial charge is 0.242 e. The number of benzene rings is 1. The van der Waals surface area contributed by atoms with Crippen LogP contribution in [0.2, 0.25) is 0 Å². The van der Waals surface area contributed by atoms with Gasteiger partial charge in [-0.1, -0.05) is 29.8 Å². The van der Waals surface area contributed by atoms with Gasteiger partial charge in [0.05, 0.1) is 12.1 Å². The van der Waals surface area contributed by atoms with Crippen molar-refractivity contribution in [1.82, 2.24) is 9.88 Å². The van der Waals surface area contributed by atoms with Gasteiger partial charge < -0.3 is 9.80 Å². The third kappa shape index (κ3) is 3.38. The summed E-state index contributed by atoms with van der Waals surface area (Å²) in [5.41, 5.74) is 3.70. The summed E-state index contributed by atoms with van der Waals surface area (Å²) in [7, 11) is 0. The van der Waals surface area contributed by atoms with Gasteiger partial charge in [0.1, 0.15) is 11.9 Å². The van der Waals surface area contributed by atoms with E-state index in [1.54, 1.807) is 6.07 Å². The second-order valence-corrected chi connectivity index (χ2v) is 6.16. The Kier molecular flexibility index (Phi) is 4.48. The van der Waals surface area contributed by atoms with Crippen LogP contribution >= 0.6 is 0 Å². The number of hydrogen-bond donors (Lipinski definition) is 0. The van der Waals surface area contributed by atoms with Crippen LogP contribution in [0.3, 0.4) is 0 Å². The van der Waals surface area contributed by atoms with Crippen molar-refractivity contribution in [3.05, 3.63) is 58.8 Å². The highest BCUT2D eigenvalue weighted by molar-refractivity contribution is 5.83. The van der Waals surface area contributed by atoms with Crippen LogP contribution in [-0.4, -0.2) is 35.4 Å². The number of piperazine rings is 1. The summed E-state index contributed by atoms with van der Waals surface area (Å²) in [5, 5.41) is 9.27. The van der Waals surface area contributed by atoms with Gasteiger partial charge in [-0.25, -0.2) is 4.98 Å². The van der Waals surface area contributed by atoms with Gasteiger partial charge in [0.25, 0.3) is 0 Å². The Hall–Kier alpha value is -2.87. The van der Waals surface area contributed by atoms with Gasteiger partial charge in [-0.15, -0.1) is 0 Å². The maximum Gasteiger partial charge on any atom is 0.242 e. The van der Waals surface area contributed by atoms with Crippen molar-refractivity contribution < 1.29 is 4.79 Å². The lowest BCUT2D eigenvalue weighted by Gasteiger charge is -2.35. The third-order valence-corrected chi connectivity index (χ3v) is 4.21. The molecular weight excluding hydrogens is 300 g/mol. The van der Waals surface area contributed by atoms with E-state index >= 15 is 0 Å². The molecule has 0 aliphatic carbocycles. The Labute approximate surface area is 142 Å². The molecule has 0 saturated carbocycles. The zero-order valence-corrected chi connectivity index (χ0v) is 14.0. The topological polar surface area (TPSA) is 60.2 Å². The molecule has 5 nitrogen and oxygen atoms in total. The highest BCUT2D eigenvalue weighted by Crippen LogP contribution is 2.20. The minimum atomic E-state index is 0.0648. The molecule has 1 aromatic carbocycles. The molecule has 0 unspecified atom stereocenters. The molecule has 5 heteroatoms. The van der Waals surface area contributed by atoms with Crippen molar-refractivity contribution in [2.75, 3.05) is 24.5 Å². The van der Waals surface area contributed by atoms with Gasteiger partial charge in [0, 0.05) is 25.3 Å². The summed E-state index contributed by atoms with van der Waals surface area (Å²) in [6, 6.07) is 14.0. The molecule has 2 aromatic rings. The number of anilines is 1. The van der Waals surface area contributed by atoms with Crippen molar-refractivity contribution >= 4 is 11.7 Å². The van der Waals surface area contributed by atoms with Crippen molar-refractivity contribution in [1.29, 1.82) is 5.26 Å². The van der Waals surface area contributed by atoms with Crippen molar-refractivity contribution in [3.63, 3.8) is 0 Å². The molecule has 1 saturated heterocycles. The number of aromatic nitrogens is 1. The molecule has 1 aliphatic heterocycles. The molecule has 0 spiro atoms. The number of carbonyl (C=O) groups excluding carboxylic acids is 1. The van der Waals surface area contributed by atoms with E-state index in [1.165, 1.54) is 5.56 Å². The summed E-state index contributed by atoms with van der Waals surface area (Å²) in [6.07, 6.45) is 0. The number of pyridine rings is 1. The lowest BCUT2D eigenvalue weighted by Crippen LogP contribution is -2.50. The Morgan fingerprint density at radius 3 is 2.75 bits per heavy atom. The van der Waals surface area contributed by atoms with E-state index in [-0.39, 0.29) is 12.5 Å². The first kappa shape index (κ1) is 16.0. The molecule has 1 amide bonds. The number of rotatable bonds is 3. The third-order valence-electron chi connectivity index (χ3n) is 4.21. The van der Waals surface area contributed by atoms with Gasteiger partial charge in [-0.05, 0) is 31.5 Å². The highest BCUT2D eigenvalue weighted by Gasteiger charge is 2.26. The Morgan fingerprint density at radius 1 is 1.21 bits per heavy atom. The lowest BCUT2D eigenvalue weighted by molar-refractivity contribution is -0.131. The fraction of sp³-hybridized carbons (Fsp3) is 0.316. The number of amides is 1. The van der Waals surface area contributed by atoms with Gasteiger partial charge in [-0.3, -0.25) is 4.79 Å². The Morgan fingerprint density at radius 2 is 2.04 bits per heavy atom. The first-order valence-electron chi connectivity index (χ1n) is 8.03. The second-order valence-electron chi connectivity index (χ2n) is 6.16. The summed E-state index contributed by atoms with van der Waals surface area (Å²) in [4.78, 5) is 20.8. The Balaban J connectivity index is 1.73. The monoisotopic (exact) mass is 320 g/mol. The molecule has 3 rings (SSSR count). The lowest BCUT2D eigenvalue weighted by atomic mass is 10.1. The molecule has 1 aromatic heterocycles. The fourth-order valence-electron chi connectivity index (χ4n) is 2.96. The van der Waals surface area contributed by atoms with Gasteiger partial charge in [-0.2, -0.15) is 5.26 Å². The Bertz CT molecular complexity index is 809. The number of hydrogen-bond acceptors (Lipinski definition) is 4. The van der Waals surface area contributed by atoms with Crippen LogP contribution in [-0.2, 0) is 11.3 Å². The summed E-state index contributed by atoms with van der Waals surface area (Å²) in [5.74, 6) is 0.677. The fourth-order valence-corrected chi connectivity index (χ4v) is 2.96. The standard InChI is InChI=1S/C19H20N4O/c1-14-4-3-5-16(10-14)12-22-8-9-23(13-18(22)24)19-17(11-20)7-6-15(2)21-19/h3-7,10H,8-9,12-13H2,1-2H3. The van der Waals surface area contributed by atoms with Crippen molar-refractivity contribution in [2.45, 2.75) is 20.4 Å². The summed E-state index contributed by atoms with van der Waals surface area (Å²) < 4.78 is 0. The predicted molar refractivity (Wildman–Crippen MR) is 92.5 cm³/mol. The molecular formula is C19H20N4O. The van der Waals surface area contributed by atoms with E-state index < -0.39 is 0 Å². The van der Waals surface area contributed by atoms with E-state index in [0.29, 0.717) is 31.0 Å². The highest BCUT2D eigenvalue weighted by atomic mass is 16.2. The number of aryl methyl sites for hydroxylation is 2. The summed E-state index contributed by atoms with van der Waals surface area (Å²) >= 11 is 0. The van der Waals surface area contributed by atoms with Gasteiger partial charge in [0.15, 0.2) is 0 Å². The first-order valence-corrected chi connectivity index (χ1v) is 8.03.